The molecule has 0 amide bonds. The van der Waals surface area contributed by atoms with Gasteiger partial charge in [0.2, 0.25) is 0 Å². The quantitative estimate of drug-likeness (QED) is 0.908. The van der Waals surface area contributed by atoms with Crippen LogP contribution in [0.4, 0.5) is 0 Å². The van der Waals surface area contributed by atoms with E-state index in [1.165, 1.54) is 38.5 Å². The highest BCUT2D eigenvalue weighted by Crippen LogP contribution is 2.63. The average molecular weight is 260 g/mol. The zero-order valence-corrected chi connectivity index (χ0v) is 11.8. The molecule has 0 spiro atoms. The fourth-order valence-electron chi connectivity index (χ4n) is 5.58. The maximum absolute atomic E-state index is 6.69. The lowest BCUT2D eigenvalue weighted by molar-refractivity contribution is -0.0697. The Bertz CT molecular complexity index is 443. The normalized spacial score (nSPS) is 41.7. The predicted octanol–water partition coefficient (Wildman–Crippen LogP) is 2.51. The molecule has 1 unspecified atom stereocenters. The van der Waals surface area contributed by atoms with Crippen LogP contribution in [0.25, 0.3) is 0 Å². The van der Waals surface area contributed by atoms with Gasteiger partial charge in [-0.2, -0.15) is 0 Å². The molecular weight excluding hydrogens is 236 g/mol. The van der Waals surface area contributed by atoms with Gasteiger partial charge in [0.25, 0.3) is 0 Å². The van der Waals surface area contributed by atoms with Crippen molar-refractivity contribution in [3.63, 3.8) is 0 Å². The molecule has 104 valence electrons. The Labute approximate surface area is 114 Å². The summed E-state index contributed by atoms with van der Waals surface area (Å²) in [5.41, 5.74) is 7.02. The zero-order chi connectivity index (χ0) is 13.0. The van der Waals surface area contributed by atoms with E-state index in [2.05, 4.69) is 21.7 Å². The van der Waals surface area contributed by atoms with Gasteiger partial charge in [0.15, 0.2) is 0 Å². The van der Waals surface area contributed by atoms with Crippen molar-refractivity contribution in [2.75, 3.05) is 0 Å². The largest absolute Gasteiger partial charge is 0.321 e. The highest BCUT2D eigenvalue weighted by Gasteiger charge is 2.54. The summed E-state index contributed by atoms with van der Waals surface area (Å²) in [6.07, 6.45) is 10.2. The van der Waals surface area contributed by atoms with E-state index in [1.54, 1.807) is 0 Å². The number of nitrogens with zero attached hydrogens (tertiary/aromatic N) is 3. The molecule has 0 radical (unpaired) electrons. The van der Waals surface area contributed by atoms with Gasteiger partial charge < -0.3 is 10.3 Å². The summed E-state index contributed by atoms with van der Waals surface area (Å²) in [4.78, 5) is 0. The third-order valence-corrected chi connectivity index (χ3v) is 6.01. The fourth-order valence-corrected chi connectivity index (χ4v) is 5.58. The minimum atomic E-state index is 0.0864. The number of aryl methyl sites for hydroxylation is 1. The Hall–Kier alpha value is -0.900. The van der Waals surface area contributed by atoms with Crippen LogP contribution in [0.3, 0.4) is 0 Å². The first-order valence-electron chi connectivity index (χ1n) is 7.83. The predicted molar refractivity (Wildman–Crippen MR) is 73.2 cm³/mol. The van der Waals surface area contributed by atoms with Gasteiger partial charge in [-0.05, 0) is 68.6 Å². The standard InChI is InChI=1S/C15H24N4/c1-2-19-9-17-18-14(19)13(16)15-6-10-3-11(7-15)5-12(4-10)8-15/h9-13H,2-8,16H2,1H3. The van der Waals surface area contributed by atoms with E-state index < -0.39 is 0 Å². The first kappa shape index (κ1) is 11.9. The smallest absolute Gasteiger partial charge is 0.150 e. The van der Waals surface area contributed by atoms with E-state index in [0.717, 1.165) is 30.1 Å². The third kappa shape index (κ3) is 1.69. The van der Waals surface area contributed by atoms with E-state index in [1.807, 2.05) is 6.33 Å². The van der Waals surface area contributed by atoms with Gasteiger partial charge >= 0.3 is 0 Å². The van der Waals surface area contributed by atoms with E-state index in [0.29, 0.717) is 5.41 Å². The summed E-state index contributed by atoms with van der Waals surface area (Å²) in [6.45, 7) is 3.06. The monoisotopic (exact) mass is 260 g/mol. The molecule has 0 aromatic carbocycles. The van der Waals surface area contributed by atoms with Crippen LogP contribution in [0, 0.1) is 23.2 Å². The Kier molecular flexibility index (Phi) is 2.53. The lowest BCUT2D eigenvalue weighted by Gasteiger charge is -2.58. The van der Waals surface area contributed by atoms with Crippen LogP contribution in [-0.2, 0) is 6.54 Å². The summed E-state index contributed by atoms with van der Waals surface area (Å²) in [5, 5.41) is 8.41. The molecule has 4 nitrogen and oxygen atoms in total. The Morgan fingerprint density at radius 3 is 2.37 bits per heavy atom. The minimum absolute atomic E-state index is 0.0864. The lowest BCUT2D eigenvalue weighted by atomic mass is 9.47. The number of aromatic nitrogens is 3. The summed E-state index contributed by atoms with van der Waals surface area (Å²) in [7, 11) is 0. The molecule has 1 aromatic heterocycles. The van der Waals surface area contributed by atoms with E-state index in [9.17, 15) is 0 Å². The van der Waals surface area contributed by atoms with Crippen LogP contribution in [-0.4, -0.2) is 14.8 Å². The van der Waals surface area contributed by atoms with Crippen LogP contribution >= 0.6 is 0 Å². The van der Waals surface area contributed by atoms with Crippen molar-refractivity contribution in [1.82, 2.24) is 14.8 Å². The highest BCUT2D eigenvalue weighted by atomic mass is 15.3. The topological polar surface area (TPSA) is 56.7 Å². The molecule has 4 heteroatoms. The van der Waals surface area contributed by atoms with Crippen molar-refractivity contribution in [2.24, 2.45) is 28.9 Å². The van der Waals surface area contributed by atoms with Crippen molar-refractivity contribution in [3.05, 3.63) is 12.2 Å². The van der Waals surface area contributed by atoms with Gasteiger partial charge in [0, 0.05) is 6.54 Å². The van der Waals surface area contributed by atoms with Crippen molar-refractivity contribution < 1.29 is 0 Å². The molecule has 4 aliphatic rings. The third-order valence-electron chi connectivity index (χ3n) is 6.01. The molecule has 0 aliphatic heterocycles. The van der Waals surface area contributed by atoms with Crippen LogP contribution in [0.1, 0.15) is 57.3 Å². The maximum Gasteiger partial charge on any atom is 0.150 e. The van der Waals surface area contributed by atoms with E-state index in [4.69, 9.17) is 5.73 Å². The van der Waals surface area contributed by atoms with Crippen LogP contribution in [0.15, 0.2) is 6.33 Å². The van der Waals surface area contributed by atoms with E-state index >= 15 is 0 Å². The summed E-state index contributed by atoms with van der Waals surface area (Å²) >= 11 is 0. The molecule has 4 fully saturated rings. The molecule has 2 N–H and O–H groups in total. The summed E-state index contributed by atoms with van der Waals surface area (Å²) < 4.78 is 2.13. The molecule has 1 aromatic rings. The van der Waals surface area contributed by atoms with Gasteiger partial charge in [-0.25, -0.2) is 0 Å². The second kappa shape index (κ2) is 4.05. The second-order valence-corrected chi connectivity index (χ2v) is 7.23. The molecular formula is C15H24N4. The van der Waals surface area contributed by atoms with Crippen LogP contribution < -0.4 is 5.73 Å². The van der Waals surface area contributed by atoms with E-state index in [-0.39, 0.29) is 6.04 Å². The van der Waals surface area contributed by atoms with Gasteiger partial charge in [0.1, 0.15) is 12.2 Å². The molecule has 5 rings (SSSR count). The van der Waals surface area contributed by atoms with Crippen molar-refractivity contribution in [3.8, 4) is 0 Å². The Morgan fingerprint density at radius 1 is 1.26 bits per heavy atom. The molecule has 4 aliphatic carbocycles. The molecule has 1 heterocycles. The second-order valence-electron chi connectivity index (χ2n) is 7.23. The van der Waals surface area contributed by atoms with Crippen molar-refractivity contribution in [2.45, 2.75) is 58.0 Å². The van der Waals surface area contributed by atoms with Crippen LogP contribution in [0.2, 0.25) is 0 Å². The lowest BCUT2D eigenvalue weighted by Crippen LogP contribution is -2.51. The molecule has 19 heavy (non-hydrogen) atoms. The van der Waals surface area contributed by atoms with Gasteiger partial charge in [0.05, 0.1) is 6.04 Å². The fraction of sp³-hybridized carbons (Fsp3) is 0.867. The highest BCUT2D eigenvalue weighted by molar-refractivity contribution is 5.11. The number of hydrogen-bond acceptors (Lipinski definition) is 3. The Balaban J connectivity index is 1.68. The van der Waals surface area contributed by atoms with Gasteiger partial charge in [-0.3, -0.25) is 0 Å². The van der Waals surface area contributed by atoms with Gasteiger partial charge in [-0.15, -0.1) is 10.2 Å². The number of hydrogen-bond donors (Lipinski definition) is 1. The average Bonchev–Trinajstić information content (AvgIpc) is 2.84. The van der Waals surface area contributed by atoms with Gasteiger partial charge in [-0.1, -0.05) is 0 Å². The summed E-state index contributed by atoms with van der Waals surface area (Å²) in [5.74, 6) is 3.84. The summed E-state index contributed by atoms with van der Waals surface area (Å²) in [6, 6.07) is 0.0864. The van der Waals surface area contributed by atoms with Crippen LogP contribution in [0.5, 0.6) is 0 Å². The Morgan fingerprint density at radius 2 is 1.84 bits per heavy atom. The number of rotatable bonds is 3. The minimum Gasteiger partial charge on any atom is -0.321 e. The van der Waals surface area contributed by atoms with Crippen molar-refractivity contribution in [1.29, 1.82) is 0 Å². The molecule has 0 saturated heterocycles. The molecule has 1 atom stereocenters. The molecule has 4 bridgehead atoms. The SMILES string of the molecule is CCn1cnnc1C(N)C12CC3CC(CC(C3)C1)C2. The van der Waals surface area contributed by atoms with Crippen molar-refractivity contribution >= 4 is 0 Å². The first-order chi connectivity index (χ1) is 9.20. The first-order valence-corrected chi connectivity index (χ1v) is 7.83. The zero-order valence-electron chi connectivity index (χ0n) is 11.8. The maximum atomic E-state index is 6.69. The molecule has 4 saturated carbocycles. The number of nitrogens with two attached hydrogens (primary N) is 1.